The van der Waals surface area contributed by atoms with E-state index >= 15 is 0 Å². The summed E-state index contributed by atoms with van der Waals surface area (Å²) in [5, 5.41) is 0. The summed E-state index contributed by atoms with van der Waals surface area (Å²) in [6, 6.07) is 0. The minimum atomic E-state index is -0.448. The van der Waals surface area contributed by atoms with Crippen molar-refractivity contribution in [1.82, 2.24) is 0 Å². The van der Waals surface area contributed by atoms with Crippen LogP contribution in [0.1, 0.15) is 40.5 Å². The molecule has 0 fully saturated rings. The van der Waals surface area contributed by atoms with Crippen molar-refractivity contribution in [2.45, 2.75) is 40.5 Å². The van der Waals surface area contributed by atoms with Gasteiger partial charge < -0.3 is 0 Å². The third kappa shape index (κ3) is 2.31. The van der Waals surface area contributed by atoms with Crippen molar-refractivity contribution in [2.75, 3.05) is 0 Å². The van der Waals surface area contributed by atoms with E-state index in [0.717, 1.165) is 24.3 Å². The molecule has 0 saturated carbocycles. The van der Waals surface area contributed by atoms with E-state index in [9.17, 15) is 4.79 Å². The van der Waals surface area contributed by atoms with Gasteiger partial charge in [0.05, 0.1) is 11.1 Å². The lowest BCUT2D eigenvalue weighted by Crippen LogP contribution is -2.39. The number of nitrogens with zero attached hydrogens (tertiary/aromatic N) is 1. The molecule has 0 aromatic rings. The summed E-state index contributed by atoms with van der Waals surface area (Å²) in [6.07, 6.45) is 7.11. The Morgan fingerprint density at radius 3 is 2.59 bits per heavy atom. The van der Waals surface area contributed by atoms with Crippen LogP contribution in [-0.4, -0.2) is 11.5 Å². The second-order valence-electron chi connectivity index (χ2n) is 4.60. The molecule has 1 heterocycles. The van der Waals surface area contributed by atoms with Crippen molar-refractivity contribution < 1.29 is 4.79 Å². The fourth-order valence-electron chi connectivity index (χ4n) is 2.24. The first kappa shape index (κ1) is 13.6. The van der Waals surface area contributed by atoms with E-state index in [0.29, 0.717) is 5.57 Å². The standard InChI is InChI=1S/C15H21NO/c1-6-9-12-13(8-3)16-11(4)15(5,10-7-2)14(12)17/h6,8-9H,1,7,10H2,2-5H3/b12-9+,13-8+. The number of hydrogen-bond donors (Lipinski definition) is 0. The number of allylic oxidation sites excluding steroid dienone is 4. The Morgan fingerprint density at radius 2 is 2.12 bits per heavy atom. The first-order chi connectivity index (χ1) is 8.01. The third-order valence-electron chi connectivity index (χ3n) is 3.42. The van der Waals surface area contributed by atoms with Crippen LogP contribution in [-0.2, 0) is 4.79 Å². The van der Waals surface area contributed by atoms with Crippen molar-refractivity contribution in [3.05, 3.63) is 36.1 Å². The van der Waals surface area contributed by atoms with Gasteiger partial charge >= 0.3 is 0 Å². The highest BCUT2D eigenvalue weighted by atomic mass is 16.1. The summed E-state index contributed by atoms with van der Waals surface area (Å²) >= 11 is 0. The molecule has 0 bridgehead atoms. The highest BCUT2D eigenvalue weighted by Gasteiger charge is 2.40. The molecule has 0 aromatic carbocycles. The Balaban J connectivity index is 3.37. The van der Waals surface area contributed by atoms with Crippen molar-refractivity contribution >= 4 is 11.5 Å². The fourth-order valence-corrected chi connectivity index (χ4v) is 2.24. The second-order valence-corrected chi connectivity index (χ2v) is 4.60. The maximum absolute atomic E-state index is 12.6. The molecule has 0 saturated heterocycles. The van der Waals surface area contributed by atoms with Crippen LogP contribution in [0, 0.1) is 5.41 Å². The molecule has 1 aliphatic heterocycles. The normalized spacial score (nSPS) is 29.6. The number of ketones is 1. The van der Waals surface area contributed by atoms with Gasteiger partial charge in [0.1, 0.15) is 0 Å². The van der Waals surface area contributed by atoms with Gasteiger partial charge in [-0.2, -0.15) is 0 Å². The van der Waals surface area contributed by atoms with Gasteiger partial charge in [-0.3, -0.25) is 9.79 Å². The van der Waals surface area contributed by atoms with E-state index in [4.69, 9.17) is 0 Å². The van der Waals surface area contributed by atoms with Crippen LogP contribution in [0.2, 0.25) is 0 Å². The predicted molar refractivity (Wildman–Crippen MR) is 73.2 cm³/mol. The topological polar surface area (TPSA) is 29.4 Å². The van der Waals surface area contributed by atoms with Gasteiger partial charge in [0.15, 0.2) is 5.78 Å². The molecule has 1 rings (SSSR count). The maximum Gasteiger partial charge on any atom is 0.176 e. The molecular formula is C15H21NO. The zero-order chi connectivity index (χ0) is 13.1. The van der Waals surface area contributed by atoms with Crippen molar-refractivity contribution in [3.63, 3.8) is 0 Å². The first-order valence-electron chi connectivity index (χ1n) is 6.11. The van der Waals surface area contributed by atoms with Crippen LogP contribution in [0.3, 0.4) is 0 Å². The smallest absolute Gasteiger partial charge is 0.176 e. The zero-order valence-electron chi connectivity index (χ0n) is 11.2. The fraction of sp³-hybridized carbons (Fsp3) is 0.467. The zero-order valence-corrected chi connectivity index (χ0v) is 11.2. The van der Waals surface area contributed by atoms with Gasteiger partial charge in [0, 0.05) is 11.3 Å². The molecule has 92 valence electrons. The van der Waals surface area contributed by atoms with Crippen LogP contribution < -0.4 is 0 Å². The van der Waals surface area contributed by atoms with E-state index in [1.165, 1.54) is 0 Å². The van der Waals surface area contributed by atoms with Gasteiger partial charge in [0.25, 0.3) is 0 Å². The van der Waals surface area contributed by atoms with E-state index in [-0.39, 0.29) is 5.78 Å². The van der Waals surface area contributed by atoms with Gasteiger partial charge in [-0.15, -0.1) is 0 Å². The largest absolute Gasteiger partial charge is 0.293 e. The maximum atomic E-state index is 12.6. The molecule has 0 radical (unpaired) electrons. The number of hydrogen-bond acceptors (Lipinski definition) is 2. The molecule has 1 atom stereocenters. The quantitative estimate of drug-likeness (QED) is 0.678. The van der Waals surface area contributed by atoms with Crippen LogP contribution in [0.4, 0.5) is 0 Å². The van der Waals surface area contributed by atoms with E-state index in [1.54, 1.807) is 12.2 Å². The Labute approximate surface area is 104 Å². The lowest BCUT2D eigenvalue weighted by atomic mass is 9.72. The van der Waals surface area contributed by atoms with E-state index < -0.39 is 5.41 Å². The lowest BCUT2D eigenvalue weighted by molar-refractivity contribution is -0.121. The van der Waals surface area contributed by atoms with Crippen molar-refractivity contribution in [3.8, 4) is 0 Å². The average molecular weight is 231 g/mol. The molecule has 17 heavy (non-hydrogen) atoms. The highest BCUT2D eigenvalue weighted by molar-refractivity contribution is 6.19. The highest BCUT2D eigenvalue weighted by Crippen LogP contribution is 2.37. The van der Waals surface area contributed by atoms with Crippen molar-refractivity contribution in [1.29, 1.82) is 0 Å². The third-order valence-corrected chi connectivity index (χ3v) is 3.42. The lowest BCUT2D eigenvalue weighted by Gasteiger charge is -2.33. The monoisotopic (exact) mass is 231 g/mol. The molecule has 1 unspecified atom stereocenters. The minimum Gasteiger partial charge on any atom is -0.293 e. The Hall–Kier alpha value is -1.44. The van der Waals surface area contributed by atoms with Crippen LogP contribution in [0.15, 0.2) is 41.1 Å². The number of Topliss-reactive ketones (excluding diaryl/α,β-unsaturated/α-hetero) is 1. The molecule has 0 spiro atoms. The second kappa shape index (κ2) is 5.26. The Morgan fingerprint density at radius 1 is 1.47 bits per heavy atom. The molecular weight excluding hydrogens is 210 g/mol. The molecule has 0 N–H and O–H groups in total. The number of carbonyl (C=O) groups is 1. The summed E-state index contributed by atoms with van der Waals surface area (Å²) in [6.45, 7) is 11.6. The van der Waals surface area contributed by atoms with Crippen LogP contribution in [0.25, 0.3) is 0 Å². The Bertz CT molecular complexity index is 426. The summed E-state index contributed by atoms with van der Waals surface area (Å²) < 4.78 is 0. The molecule has 0 amide bonds. The number of aliphatic imine (C=N–C) groups is 1. The molecule has 1 aliphatic rings. The Kier molecular flexibility index (Phi) is 4.22. The summed E-state index contributed by atoms with van der Waals surface area (Å²) in [7, 11) is 0. The molecule has 2 heteroatoms. The van der Waals surface area contributed by atoms with Gasteiger partial charge in [0.2, 0.25) is 0 Å². The SMILES string of the molecule is C=C/C=C1/C(=O)C(C)(CCC)C(C)=N/C1=C/C. The van der Waals surface area contributed by atoms with Crippen molar-refractivity contribution in [2.24, 2.45) is 10.4 Å². The van der Waals surface area contributed by atoms with Crippen LogP contribution in [0.5, 0.6) is 0 Å². The van der Waals surface area contributed by atoms with E-state index in [1.807, 2.05) is 26.8 Å². The molecule has 0 aromatic heterocycles. The predicted octanol–water partition coefficient (Wildman–Crippen LogP) is 3.85. The first-order valence-corrected chi connectivity index (χ1v) is 6.11. The average Bonchev–Trinajstić information content (AvgIpc) is 2.31. The number of carbonyl (C=O) groups excluding carboxylic acids is 1. The van der Waals surface area contributed by atoms with E-state index in [2.05, 4.69) is 18.5 Å². The van der Waals surface area contributed by atoms with Gasteiger partial charge in [-0.1, -0.05) is 32.1 Å². The summed E-state index contributed by atoms with van der Waals surface area (Å²) in [5.41, 5.74) is 1.92. The molecule has 0 aliphatic carbocycles. The number of rotatable bonds is 3. The molecule has 2 nitrogen and oxygen atoms in total. The van der Waals surface area contributed by atoms with Gasteiger partial charge in [-0.05, 0) is 33.3 Å². The summed E-state index contributed by atoms with van der Waals surface area (Å²) in [4.78, 5) is 17.1. The van der Waals surface area contributed by atoms with Crippen LogP contribution >= 0.6 is 0 Å². The minimum absolute atomic E-state index is 0.167. The summed E-state index contributed by atoms with van der Waals surface area (Å²) in [5.74, 6) is 0.167. The van der Waals surface area contributed by atoms with Gasteiger partial charge in [-0.25, -0.2) is 0 Å².